The van der Waals surface area contributed by atoms with Crippen molar-refractivity contribution in [3.63, 3.8) is 0 Å². The molecule has 170 valence electrons. The lowest BCUT2D eigenvalue weighted by molar-refractivity contribution is 0.413. The molecule has 2 aromatic carbocycles. The predicted molar refractivity (Wildman–Crippen MR) is 125 cm³/mol. The molecule has 0 fully saturated rings. The van der Waals surface area contributed by atoms with E-state index < -0.39 is 9.84 Å². The topological polar surface area (TPSA) is 133 Å². The summed E-state index contributed by atoms with van der Waals surface area (Å²) in [5, 5.41) is 7.28. The number of nitrogens with two attached hydrogens (primary N) is 1. The first-order chi connectivity index (χ1) is 15.8. The third-order valence-electron chi connectivity index (χ3n) is 5.05. The van der Waals surface area contributed by atoms with Gasteiger partial charge in [0.25, 0.3) is 0 Å². The number of benzene rings is 2. The number of nitrogens with zero attached hydrogens (tertiary/aromatic N) is 3. The Morgan fingerprint density at radius 2 is 1.85 bits per heavy atom. The lowest BCUT2D eigenvalue weighted by Crippen LogP contribution is -2.05. The van der Waals surface area contributed by atoms with E-state index in [-0.39, 0.29) is 10.7 Å². The summed E-state index contributed by atoms with van der Waals surface area (Å²) in [7, 11) is 0.193. The molecule has 10 heteroatoms. The largest absolute Gasteiger partial charge is 0.496 e. The van der Waals surface area contributed by atoms with Crippen molar-refractivity contribution in [2.24, 2.45) is 0 Å². The van der Waals surface area contributed by atoms with E-state index in [2.05, 4.69) is 20.4 Å². The van der Waals surface area contributed by atoms with E-state index in [0.29, 0.717) is 40.7 Å². The smallest absolute Gasteiger partial charge is 0.189 e. The van der Waals surface area contributed by atoms with Crippen molar-refractivity contribution in [3.8, 4) is 39.7 Å². The summed E-state index contributed by atoms with van der Waals surface area (Å²) in [5.74, 6) is 1.21. The average molecular weight is 466 g/mol. The molecule has 2 aromatic heterocycles. The second kappa shape index (κ2) is 9.00. The normalized spacial score (nSPS) is 11.5. The maximum Gasteiger partial charge on any atom is 0.189 e. The highest BCUT2D eigenvalue weighted by Gasteiger charge is 2.18. The Kier molecular flexibility index (Phi) is 6.12. The van der Waals surface area contributed by atoms with Crippen LogP contribution in [-0.2, 0) is 16.4 Å². The van der Waals surface area contributed by atoms with Gasteiger partial charge in [-0.3, -0.25) is 0 Å². The minimum Gasteiger partial charge on any atom is -0.496 e. The first-order valence-electron chi connectivity index (χ1n) is 10.0. The minimum atomic E-state index is -3.29. The molecular formula is C23H23N5O4S. The zero-order valence-electron chi connectivity index (χ0n) is 18.4. The summed E-state index contributed by atoms with van der Waals surface area (Å²) >= 11 is 0. The number of ether oxygens (including phenoxy) is 1. The van der Waals surface area contributed by atoms with Crippen LogP contribution in [-0.4, -0.2) is 44.0 Å². The van der Waals surface area contributed by atoms with Crippen LogP contribution in [0.3, 0.4) is 0 Å². The molecule has 0 aliphatic carbocycles. The molecule has 0 aliphatic rings. The van der Waals surface area contributed by atoms with E-state index >= 15 is 0 Å². The van der Waals surface area contributed by atoms with Crippen LogP contribution >= 0.6 is 0 Å². The summed E-state index contributed by atoms with van der Waals surface area (Å²) in [6.45, 7) is 0.713. The molecule has 0 amide bonds. The molecular weight excluding hydrogens is 442 g/mol. The summed E-state index contributed by atoms with van der Waals surface area (Å²) < 4.78 is 34.5. The number of sulfone groups is 1. The molecule has 9 nitrogen and oxygen atoms in total. The van der Waals surface area contributed by atoms with Crippen molar-refractivity contribution >= 4 is 15.7 Å². The van der Waals surface area contributed by atoms with Gasteiger partial charge in [-0.1, -0.05) is 23.4 Å². The molecule has 0 spiro atoms. The monoisotopic (exact) mass is 465 g/mol. The van der Waals surface area contributed by atoms with Crippen molar-refractivity contribution in [1.29, 1.82) is 0 Å². The van der Waals surface area contributed by atoms with Gasteiger partial charge in [0.05, 0.1) is 23.9 Å². The average Bonchev–Trinajstić information content (AvgIpc) is 3.29. The number of hydrogen-bond acceptors (Lipinski definition) is 9. The highest BCUT2D eigenvalue weighted by atomic mass is 32.2. The van der Waals surface area contributed by atoms with Crippen LogP contribution in [0.15, 0.2) is 64.1 Å². The highest BCUT2D eigenvalue weighted by molar-refractivity contribution is 7.90. The lowest BCUT2D eigenvalue weighted by atomic mass is 10.1. The van der Waals surface area contributed by atoms with Gasteiger partial charge in [-0.15, -0.1) is 0 Å². The van der Waals surface area contributed by atoms with E-state index in [0.717, 1.165) is 17.4 Å². The Balaban J connectivity index is 1.69. The Hall–Kier alpha value is -3.76. The van der Waals surface area contributed by atoms with Crippen molar-refractivity contribution in [2.75, 3.05) is 26.1 Å². The molecule has 3 N–H and O–H groups in total. The second-order valence-electron chi connectivity index (χ2n) is 7.43. The zero-order valence-corrected chi connectivity index (χ0v) is 19.2. The summed E-state index contributed by atoms with van der Waals surface area (Å²) in [5.41, 5.74) is 10.0. The van der Waals surface area contributed by atoms with Crippen LogP contribution in [0.5, 0.6) is 5.75 Å². The number of anilines is 1. The molecule has 33 heavy (non-hydrogen) atoms. The first kappa shape index (κ1) is 22.4. The van der Waals surface area contributed by atoms with E-state index in [1.165, 1.54) is 18.3 Å². The van der Waals surface area contributed by atoms with Crippen LogP contribution in [0.2, 0.25) is 0 Å². The molecule has 0 aliphatic heterocycles. The Morgan fingerprint density at radius 3 is 2.52 bits per heavy atom. The Bertz CT molecular complexity index is 1400. The molecule has 0 unspecified atom stereocenters. The molecule has 0 radical (unpaired) electrons. The summed E-state index contributed by atoms with van der Waals surface area (Å²) in [6, 6.07) is 14.0. The fourth-order valence-corrected chi connectivity index (χ4v) is 4.00. The predicted octanol–water partition coefficient (Wildman–Crippen LogP) is 3.18. The van der Waals surface area contributed by atoms with Crippen LogP contribution in [0.1, 0.15) is 5.56 Å². The molecule has 0 saturated heterocycles. The van der Waals surface area contributed by atoms with Gasteiger partial charge in [0.15, 0.2) is 27.1 Å². The van der Waals surface area contributed by atoms with Crippen molar-refractivity contribution < 1.29 is 17.7 Å². The minimum absolute atomic E-state index is 0.186. The molecule has 2 heterocycles. The number of nitrogens with one attached hydrogen (secondary N) is 1. The van der Waals surface area contributed by atoms with Gasteiger partial charge in [0, 0.05) is 30.0 Å². The SMILES string of the molecule is CNCc1ccc(-c2cc(-c3nc(-c4ccc(S(C)(=O)=O)cc4)cnc3N)on2)c(OC)c1. The number of methoxy groups -OCH3 is 1. The third kappa shape index (κ3) is 4.71. The van der Waals surface area contributed by atoms with Crippen molar-refractivity contribution in [1.82, 2.24) is 20.4 Å². The fraction of sp³-hybridized carbons (Fsp3) is 0.174. The molecule has 0 saturated carbocycles. The van der Waals surface area contributed by atoms with Crippen LogP contribution in [0.25, 0.3) is 34.0 Å². The summed E-state index contributed by atoms with van der Waals surface area (Å²) in [6.07, 6.45) is 2.68. The van der Waals surface area contributed by atoms with Crippen LogP contribution < -0.4 is 15.8 Å². The second-order valence-corrected chi connectivity index (χ2v) is 9.44. The van der Waals surface area contributed by atoms with E-state index in [1.54, 1.807) is 25.3 Å². The van der Waals surface area contributed by atoms with Crippen molar-refractivity contribution in [2.45, 2.75) is 11.4 Å². The number of hydrogen-bond donors (Lipinski definition) is 2. The van der Waals surface area contributed by atoms with Crippen LogP contribution in [0, 0.1) is 0 Å². The highest BCUT2D eigenvalue weighted by Crippen LogP contribution is 2.34. The van der Waals surface area contributed by atoms with Gasteiger partial charge in [0.2, 0.25) is 0 Å². The number of aromatic nitrogens is 3. The maximum absolute atomic E-state index is 11.7. The van der Waals surface area contributed by atoms with E-state index in [4.69, 9.17) is 15.0 Å². The van der Waals surface area contributed by atoms with Gasteiger partial charge in [-0.2, -0.15) is 0 Å². The molecule has 4 rings (SSSR count). The fourth-order valence-electron chi connectivity index (χ4n) is 3.37. The number of nitrogen functional groups attached to an aromatic ring is 1. The standard InChI is InChI=1S/C23H23N5O4S/c1-25-12-14-4-9-17(20(10-14)31-2)18-11-21(32-28-18)22-23(24)26-13-19(27-22)15-5-7-16(8-6-15)33(3,29)30/h4-11,13,25H,12H2,1-3H3,(H2,24,26). The van der Waals surface area contributed by atoms with Crippen molar-refractivity contribution in [3.05, 3.63) is 60.3 Å². The quantitative estimate of drug-likeness (QED) is 0.422. The molecule has 4 aromatic rings. The van der Waals surface area contributed by atoms with Gasteiger partial charge in [0.1, 0.15) is 11.4 Å². The van der Waals surface area contributed by atoms with Gasteiger partial charge < -0.3 is 20.3 Å². The maximum atomic E-state index is 11.7. The van der Waals surface area contributed by atoms with Gasteiger partial charge in [-0.05, 0) is 36.9 Å². The van der Waals surface area contributed by atoms with Gasteiger partial charge in [-0.25, -0.2) is 18.4 Å². The van der Waals surface area contributed by atoms with Crippen LogP contribution in [0.4, 0.5) is 5.82 Å². The molecule has 0 bridgehead atoms. The van der Waals surface area contributed by atoms with Gasteiger partial charge >= 0.3 is 0 Å². The number of rotatable bonds is 7. The molecule has 0 atom stereocenters. The third-order valence-corrected chi connectivity index (χ3v) is 6.17. The Morgan fingerprint density at radius 1 is 1.09 bits per heavy atom. The lowest BCUT2D eigenvalue weighted by Gasteiger charge is -2.08. The summed E-state index contributed by atoms with van der Waals surface area (Å²) in [4.78, 5) is 9.04. The van der Waals surface area contributed by atoms with E-state index in [1.807, 2.05) is 25.2 Å². The zero-order chi connectivity index (χ0) is 23.6. The first-order valence-corrected chi connectivity index (χ1v) is 11.9. The Labute approximate surface area is 191 Å². The van der Waals surface area contributed by atoms with E-state index in [9.17, 15) is 8.42 Å².